The summed E-state index contributed by atoms with van der Waals surface area (Å²) in [5.41, 5.74) is 2.36. The van der Waals surface area contributed by atoms with Gasteiger partial charge < -0.3 is 9.80 Å². The standard InChI is InChI=1S/C18H17ClN6O/c19-14-4-3-5-15(12-14)23-8-10-24(11-9-23)18(26)16-6-1-2-7-17(16)25-13-20-21-22-25/h1-7,12-13H,8-11H2. The fraction of sp³-hybridized carbons (Fsp3) is 0.222. The first kappa shape index (κ1) is 16.5. The molecule has 7 nitrogen and oxygen atoms in total. The normalized spacial score (nSPS) is 14.5. The smallest absolute Gasteiger partial charge is 0.256 e. The zero-order valence-corrected chi connectivity index (χ0v) is 14.8. The maximum atomic E-state index is 13.0. The number of tetrazole rings is 1. The van der Waals surface area contributed by atoms with Crippen LogP contribution in [0.2, 0.25) is 5.02 Å². The number of hydrogen-bond acceptors (Lipinski definition) is 5. The van der Waals surface area contributed by atoms with E-state index in [9.17, 15) is 4.79 Å². The minimum absolute atomic E-state index is 0.0122. The lowest BCUT2D eigenvalue weighted by Gasteiger charge is -2.36. The molecule has 8 heteroatoms. The van der Waals surface area contributed by atoms with Crippen LogP contribution in [0.25, 0.3) is 5.69 Å². The van der Waals surface area contributed by atoms with Crippen molar-refractivity contribution < 1.29 is 4.79 Å². The van der Waals surface area contributed by atoms with Gasteiger partial charge in [0.1, 0.15) is 6.33 Å². The fourth-order valence-corrected chi connectivity index (χ4v) is 3.32. The lowest BCUT2D eigenvalue weighted by Crippen LogP contribution is -2.49. The van der Waals surface area contributed by atoms with Crippen LogP contribution in [0.3, 0.4) is 0 Å². The summed E-state index contributed by atoms with van der Waals surface area (Å²) in [5.74, 6) is -0.0122. The first-order valence-corrected chi connectivity index (χ1v) is 8.72. The molecule has 0 spiro atoms. The molecule has 1 aliphatic heterocycles. The summed E-state index contributed by atoms with van der Waals surface area (Å²) in [7, 11) is 0. The van der Waals surface area contributed by atoms with E-state index in [1.165, 1.54) is 11.0 Å². The zero-order chi connectivity index (χ0) is 17.9. The largest absolute Gasteiger partial charge is 0.368 e. The van der Waals surface area contributed by atoms with Crippen molar-refractivity contribution in [3.63, 3.8) is 0 Å². The van der Waals surface area contributed by atoms with Crippen LogP contribution in [0.5, 0.6) is 0 Å². The molecule has 0 atom stereocenters. The Hall–Kier alpha value is -2.93. The molecule has 1 fully saturated rings. The van der Waals surface area contributed by atoms with Gasteiger partial charge in [0.05, 0.1) is 11.3 Å². The van der Waals surface area contributed by atoms with Gasteiger partial charge in [-0.2, -0.15) is 4.68 Å². The van der Waals surface area contributed by atoms with E-state index in [0.29, 0.717) is 24.3 Å². The number of para-hydroxylation sites is 1. The van der Waals surface area contributed by atoms with Gasteiger partial charge in [-0.25, -0.2) is 0 Å². The summed E-state index contributed by atoms with van der Waals surface area (Å²) >= 11 is 6.08. The number of anilines is 1. The second kappa shape index (κ2) is 7.13. The topological polar surface area (TPSA) is 67.2 Å². The van der Waals surface area contributed by atoms with E-state index in [-0.39, 0.29) is 5.91 Å². The second-order valence-corrected chi connectivity index (χ2v) is 6.47. The highest BCUT2D eigenvalue weighted by Gasteiger charge is 2.24. The highest BCUT2D eigenvalue weighted by Crippen LogP contribution is 2.22. The first-order valence-electron chi connectivity index (χ1n) is 8.34. The van der Waals surface area contributed by atoms with E-state index in [2.05, 4.69) is 20.4 Å². The molecule has 2 aromatic carbocycles. The van der Waals surface area contributed by atoms with Crippen LogP contribution in [0, 0.1) is 0 Å². The minimum Gasteiger partial charge on any atom is -0.368 e. The number of carbonyl (C=O) groups is 1. The lowest BCUT2D eigenvalue weighted by atomic mass is 10.1. The summed E-state index contributed by atoms with van der Waals surface area (Å²) in [5, 5.41) is 11.9. The molecule has 0 aliphatic carbocycles. The van der Waals surface area contributed by atoms with Gasteiger partial charge >= 0.3 is 0 Å². The average Bonchev–Trinajstić information content (AvgIpc) is 3.22. The minimum atomic E-state index is -0.0122. The fourth-order valence-electron chi connectivity index (χ4n) is 3.14. The molecule has 0 unspecified atom stereocenters. The van der Waals surface area contributed by atoms with Crippen LogP contribution in [0.4, 0.5) is 5.69 Å². The van der Waals surface area contributed by atoms with E-state index in [0.717, 1.165) is 23.8 Å². The number of carbonyl (C=O) groups excluding carboxylic acids is 1. The van der Waals surface area contributed by atoms with Gasteiger partial charge in [0.15, 0.2) is 0 Å². The molecule has 1 amide bonds. The Balaban J connectivity index is 1.50. The highest BCUT2D eigenvalue weighted by atomic mass is 35.5. The number of halogens is 1. The molecule has 132 valence electrons. The van der Waals surface area contributed by atoms with Crippen LogP contribution in [0.1, 0.15) is 10.4 Å². The number of hydrogen-bond donors (Lipinski definition) is 0. The summed E-state index contributed by atoms with van der Waals surface area (Å²) in [6.07, 6.45) is 1.49. The average molecular weight is 369 g/mol. The van der Waals surface area contributed by atoms with Gasteiger partial charge in [0.25, 0.3) is 5.91 Å². The maximum Gasteiger partial charge on any atom is 0.256 e. The SMILES string of the molecule is O=C(c1ccccc1-n1cnnn1)N1CCN(c2cccc(Cl)c2)CC1. The first-order chi connectivity index (χ1) is 12.7. The van der Waals surface area contributed by atoms with E-state index in [4.69, 9.17) is 11.6 Å². The van der Waals surface area contributed by atoms with Crippen LogP contribution >= 0.6 is 11.6 Å². The lowest BCUT2D eigenvalue weighted by molar-refractivity contribution is 0.0746. The van der Waals surface area contributed by atoms with E-state index in [1.54, 1.807) is 0 Å². The van der Waals surface area contributed by atoms with Crippen molar-refractivity contribution in [2.45, 2.75) is 0 Å². The molecule has 3 aromatic rings. The summed E-state index contributed by atoms with van der Waals surface area (Å²) in [6, 6.07) is 15.2. The summed E-state index contributed by atoms with van der Waals surface area (Å²) in [4.78, 5) is 17.1. The Labute approximate surface area is 155 Å². The molecular weight excluding hydrogens is 352 g/mol. The molecular formula is C18H17ClN6O. The third-order valence-corrected chi connectivity index (χ3v) is 4.71. The zero-order valence-electron chi connectivity index (χ0n) is 14.0. The molecule has 0 radical (unpaired) electrons. The van der Waals surface area contributed by atoms with Crippen molar-refractivity contribution >= 4 is 23.2 Å². The van der Waals surface area contributed by atoms with Crippen LogP contribution in [-0.4, -0.2) is 57.2 Å². The van der Waals surface area contributed by atoms with Crippen LogP contribution in [-0.2, 0) is 0 Å². The predicted octanol–water partition coefficient (Wildman–Crippen LogP) is 2.28. The van der Waals surface area contributed by atoms with Crippen molar-refractivity contribution in [3.05, 3.63) is 65.4 Å². The number of aromatic nitrogens is 4. The van der Waals surface area contributed by atoms with Crippen LogP contribution in [0.15, 0.2) is 54.9 Å². The Kier molecular flexibility index (Phi) is 4.53. The predicted molar refractivity (Wildman–Crippen MR) is 98.7 cm³/mol. The van der Waals surface area contributed by atoms with Crippen molar-refractivity contribution in [3.8, 4) is 5.69 Å². The summed E-state index contributed by atoms with van der Waals surface area (Å²) in [6.45, 7) is 2.82. The molecule has 0 N–H and O–H groups in total. The molecule has 1 aliphatic rings. The van der Waals surface area contributed by atoms with Gasteiger partial charge in [0, 0.05) is 36.9 Å². The van der Waals surface area contributed by atoms with Gasteiger partial charge in [-0.15, -0.1) is 5.10 Å². The van der Waals surface area contributed by atoms with Gasteiger partial charge in [-0.1, -0.05) is 29.8 Å². The summed E-state index contributed by atoms with van der Waals surface area (Å²) < 4.78 is 1.51. The third-order valence-electron chi connectivity index (χ3n) is 4.47. The highest BCUT2D eigenvalue weighted by molar-refractivity contribution is 6.30. The molecule has 26 heavy (non-hydrogen) atoms. The number of rotatable bonds is 3. The van der Waals surface area contributed by atoms with Crippen LogP contribution < -0.4 is 4.90 Å². The monoisotopic (exact) mass is 368 g/mol. The van der Waals surface area contributed by atoms with E-state index in [1.807, 2.05) is 53.4 Å². The van der Waals surface area contributed by atoms with Crippen molar-refractivity contribution in [2.75, 3.05) is 31.1 Å². The number of benzene rings is 2. The molecule has 4 rings (SSSR count). The molecule has 1 saturated heterocycles. The quantitative estimate of drug-likeness (QED) is 0.709. The molecule has 0 saturated carbocycles. The van der Waals surface area contributed by atoms with Gasteiger partial charge in [-0.05, 0) is 40.8 Å². The number of nitrogens with zero attached hydrogens (tertiary/aromatic N) is 6. The Morgan fingerprint density at radius 1 is 1.00 bits per heavy atom. The number of amides is 1. The molecule has 0 bridgehead atoms. The van der Waals surface area contributed by atoms with E-state index < -0.39 is 0 Å². The second-order valence-electron chi connectivity index (χ2n) is 6.03. The van der Waals surface area contributed by atoms with Gasteiger partial charge in [0.2, 0.25) is 0 Å². The third kappa shape index (κ3) is 3.25. The molecule has 1 aromatic heterocycles. The molecule has 2 heterocycles. The maximum absolute atomic E-state index is 13.0. The van der Waals surface area contributed by atoms with Crippen molar-refractivity contribution in [2.24, 2.45) is 0 Å². The Morgan fingerprint density at radius 3 is 2.54 bits per heavy atom. The van der Waals surface area contributed by atoms with Crippen molar-refractivity contribution in [1.29, 1.82) is 0 Å². The van der Waals surface area contributed by atoms with Gasteiger partial charge in [-0.3, -0.25) is 4.79 Å². The number of piperazine rings is 1. The Bertz CT molecular complexity index is 906. The Morgan fingerprint density at radius 2 is 1.81 bits per heavy atom. The van der Waals surface area contributed by atoms with E-state index >= 15 is 0 Å². The van der Waals surface area contributed by atoms with Crippen molar-refractivity contribution in [1.82, 2.24) is 25.1 Å².